The van der Waals surface area contributed by atoms with Crippen molar-refractivity contribution in [3.05, 3.63) is 66.2 Å². The van der Waals surface area contributed by atoms with Gasteiger partial charge < -0.3 is 14.8 Å². The molecule has 0 unspecified atom stereocenters. The van der Waals surface area contributed by atoms with E-state index in [0.29, 0.717) is 5.56 Å². The SMILES string of the molecule is COC(=O)[C@@H]1N2C(=O)[C@H](NC(=O)c3ccccc3)[C@H]2OC[C@@]1(CCl)Sc1ccccc1. The van der Waals surface area contributed by atoms with E-state index in [-0.39, 0.29) is 18.4 Å². The average Bonchev–Trinajstić information content (AvgIpc) is 2.82. The first-order chi connectivity index (χ1) is 15.0. The Bertz CT molecular complexity index is 976. The molecule has 9 heteroatoms. The first kappa shape index (κ1) is 21.7. The van der Waals surface area contributed by atoms with Gasteiger partial charge in [0.1, 0.15) is 0 Å². The zero-order chi connectivity index (χ0) is 22.0. The Morgan fingerprint density at radius 2 is 1.84 bits per heavy atom. The maximum Gasteiger partial charge on any atom is 0.330 e. The minimum Gasteiger partial charge on any atom is -0.467 e. The number of fused-ring (bicyclic) bond motifs is 1. The Kier molecular flexibility index (Phi) is 6.22. The van der Waals surface area contributed by atoms with E-state index in [9.17, 15) is 14.4 Å². The van der Waals surface area contributed by atoms with Crippen LogP contribution in [0.25, 0.3) is 0 Å². The molecule has 2 aromatic rings. The van der Waals surface area contributed by atoms with Gasteiger partial charge in [0.05, 0.1) is 18.5 Å². The number of hydrogen-bond acceptors (Lipinski definition) is 6. The second-order valence-electron chi connectivity index (χ2n) is 7.30. The zero-order valence-corrected chi connectivity index (χ0v) is 18.3. The van der Waals surface area contributed by atoms with E-state index in [1.807, 2.05) is 30.3 Å². The zero-order valence-electron chi connectivity index (χ0n) is 16.7. The maximum absolute atomic E-state index is 13.0. The van der Waals surface area contributed by atoms with E-state index in [4.69, 9.17) is 21.1 Å². The van der Waals surface area contributed by atoms with Crippen LogP contribution < -0.4 is 5.32 Å². The Balaban J connectivity index is 1.58. The number of β-lactam (4-membered cyclic amide) rings is 1. The fourth-order valence-electron chi connectivity index (χ4n) is 3.83. The second-order valence-corrected chi connectivity index (χ2v) is 9.06. The Morgan fingerprint density at radius 1 is 1.19 bits per heavy atom. The van der Waals surface area contributed by atoms with E-state index in [1.54, 1.807) is 30.3 Å². The number of hydrogen-bond donors (Lipinski definition) is 1. The van der Waals surface area contributed by atoms with E-state index in [2.05, 4.69) is 5.32 Å². The van der Waals surface area contributed by atoms with Crippen LogP contribution >= 0.6 is 23.4 Å². The maximum atomic E-state index is 13.0. The van der Waals surface area contributed by atoms with Gasteiger partial charge in [0.25, 0.3) is 11.8 Å². The number of methoxy groups -OCH3 is 1. The number of carbonyl (C=O) groups excluding carboxylic acids is 3. The lowest BCUT2D eigenvalue weighted by molar-refractivity contribution is -0.217. The summed E-state index contributed by atoms with van der Waals surface area (Å²) in [6.07, 6.45) is -0.767. The molecule has 4 rings (SSSR count). The molecular weight excluding hydrogens is 440 g/mol. The number of ether oxygens (including phenoxy) is 2. The molecule has 2 aliphatic heterocycles. The van der Waals surface area contributed by atoms with Crippen molar-refractivity contribution in [3.63, 3.8) is 0 Å². The molecule has 0 saturated carbocycles. The molecule has 2 saturated heterocycles. The number of alkyl halides is 1. The van der Waals surface area contributed by atoms with Crippen molar-refractivity contribution >= 4 is 41.1 Å². The molecule has 1 N–H and O–H groups in total. The number of carbonyl (C=O) groups is 3. The number of rotatable bonds is 6. The van der Waals surface area contributed by atoms with Crippen LogP contribution in [0.3, 0.4) is 0 Å². The minimum atomic E-state index is -0.948. The third kappa shape index (κ3) is 3.91. The van der Waals surface area contributed by atoms with Crippen LogP contribution in [0.1, 0.15) is 10.4 Å². The second kappa shape index (κ2) is 8.90. The fraction of sp³-hybridized carbons (Fsp3) is 0.318. The lowest BCUT2D eigenvalue weighted by Gasteiger charge is -2.57. The molecule has 31 heavy (non-hydrogen) atoms. The summed E-state index contributed by atoms with van der Waals surface area (Å²) in [4.78, 5) is 40.5. The Hall–Kier alpha value is -2.55. The molecule has 0 aromatic heterocycles. The lowest BCUT2D eigenvalue weighted by Crippen LogP contribution is -2.81. The van der Waals surface area contributed by atoms with Crippen molar-refractivity contribution < 1.29 is 23.9 Å². The minimum absolute atomic E-state index is 0.0594. The number of esters is 1. The van der Waals surface area contributed by atoms with Crippen molar-refractivity contribution in [2.75, 3.05) is 19.6 Å². The van der Waals surface area contributed by atoms with E-state index in [1.165, 1.54) is 23.8 Å². The summed E-state index contributed by atoms with van der Waals surface area (Å²) in [7, 11) is 1.28. The first-order valence-corrected chi connectivity index (χ1v) is 11.0. The number of nitrogens with zero attached hydrogens (tertiary/aromatic N) is 1. The molecule has 2 aliphatic rings. The van der Waals surface area contributed by atoms with E-state index in [0.717, 1.165) is 4.90 Å². The van der Waals surface area contributed by atoms with Gasteiger partial charge in [0, 0.05) is 16.3 Å². The third-order valence-corrected chi connectivity index (χ3v) is 7.43. The highest BCUT2D eigenvalue weighted by molar-refractivity contribution is 8.01. The normalized spacial score (nSPS) is 27.1. The Morgan fingerprint density at radius 3 is 2.45 bits per heavy atom. The number of benzene rings is 2. The van der Waals surface area contributed by atoms with Crippen LogP contribution in [0, 0.1) is 0 Å². The predicted octanol–water partition coefficient (Wildman–Crippen LogP) is 2.29. The fourth-order valence-corrected chi connectivity index (χ4v) is 5.48. The molecule has 0 spiro atoms. The predicted molar refractivity (Wildman–Crippen MR) is 116 cm³/mol. The summed E-state index contributed by atoms with van der Waals surface area (Å²) in [5.74, 6) is -1.31. The molecule has 0 radical (unpaired) electrons. The van der Waals surface area contributed by atoms with Gasteiger partial charge in [-0.3, -0.25) is 14.5 Å². The molecule has 2 amide bonds. The lowest BCUT2D eigenvalue weighted by atomic mass is 9.90. The van der Waals surface area contributed by atoms with Gasteiger partial charge in [0.2, 0.25) is 0 Å². The van der Waals surface area contributed by atoms with Gasteiger partial charge in [-0.1, -0.05) is 36.4 Å². The van der Waals surface area contributed by atoms with Crippen molar-refractivity contribution in [1.29, 1.82) is 0 Å². The smallest absolute Gasteiger partial charge is 0.330 e. The van der Waals surface area contributed by atoms with Gasteiger partial charge >= 0.3 is 5.97 Å². The highest BCUT2D eigenvalue weighted by Crippen LogP contribution is 2.46. The summed E-state index contributed by atoms with van der Waals surface area (Å²) in [5.41, 5.74) is 0.434. The molecule has 0 aliphatic carbocycles. The van der Waals surface area contributed by atoms with Gasteiger partial charge in [-0.2, -0.15) is 0 Å². The van der Waals surface area contributed by atoms with Crippen LogP contribution in [-0.4, -0.2) is 65.3 Å². The van der Waals surface area contributed by atoms with Crippen molar-refractivity contribution in [2.24, 2.45) is 0 Å². The molecule has 0 bridgehead atoms. The monoisotopic (exact) mass is 460 g/mol. The summed E-state index contributed by atoms with van der Waals surface area (Å²) in [5, 5.41) is 2.71. The highest BCUT2D eigenvalue weighted by atomic mass is 35.5. The third-order valence-electron chi connectivity index (χ3n) is 5.39. The van der Waals surface area contributed by atoms with Gasteiger partial charge in [-0.05, 0) is 24.3 Å². The number of amides is 2. The molecular formula is C22H21ClN2O5S. The number of thioether (sulfide) groups is 1. The molecule has 7 nitrogen and oxygen atoms in total. The van der Waals surface area contributed by atoms with Crippen LogP contribution in [-0.2, 0) is 19.1 Å². The number of halogens is 1. The van der Waals surface area contributed by atoms with Gasteiger partial charge in [-0.25, -0.2) is 4.79 Å². The molecule has 2 heterocycles. The van der Waals surface area contributed by atoms with Crippen molar-refractivity contribution in [3.8, 4) is 0 Å². The molecule has 2 aromatic carbocycles. The van der Waals surface area contributed by atoms with Crippen molar-refractivity contribution in [1.82, 2.24) is 10.2 Å². The standard InChI is InChI=1S/C22H21ClN2O5S/c1-29-21(28)17-22(12-23,31-15-10-6-3-7-11-15)13-30-20-16(19(27)25(17)20)24-18(26)14-8-4-2-5-9-14/h2-11,16-17,20H,12-13H2,1H3,(H,24,26)/t16-,17-,20+,22+/m0/s1. The van der Waals surface area contributed by atoms with Crippen LogP contribution in [0.5, 0.6) is 0 Å². The van der Waals surface area contributed by atoms with E-state index >= 15 is 0 Å². The van der Waals surface area contributed by atoms with Crippen molar-refractivity contribution in [2.45, 2.75) is 28.0 Å². The highest BCUT2D eigenvalue weighted by Gasteiger charge is 2.64. The molecule has 162 valence electrons. The van der Waals surface area contributed by atoms with Gasteiger partial charge in [-0.15, -0.1) is 23.4 Å². The largest absolute Gasteiger partial charge is 0.467 e. The van der Waals surface area contributed by atoms with E-state index < -0.39 is 34.9 Å². The summed E-state index contributed by atoms with van der Waals surface area (Å²) >= 11 is 7.73. The summed E-state index contributed by atoms with van der Waals surface area (Å²) < 4.78 is 10.1. The van der Waals surface area contributed by atoms with Crippen LogP contribution in [0.15, 0.2) is 65.6 Å². The van der Waals surface area contributed by atoms with Gasteiger partial charge in [0.15, 0.2) is 18.3 Å². The molecule has 4 atom stereocenters. The first-order valence-electron chi connectivity index (χ1n) is 9.68. The summed E-state index contributed by atoms with van der Waals surface area (Å²) in [6, 6.07) is 16.2. The average molecular weight is 461 g/mol. The Labute approximate surface area is 189 Å². The molecule has 2 fully saturated rings. The quantitative estimate of drug-likeness (QED) is 0.404. The topological polar surface area (TPSA) is 84.9 Å². The van der Waals surface area contributed by atoms with Crippen LogP contribution in [0.4, 0.5) is 0 Å². The summed E-state index contributed by atoms with van der Waals surface area (Å²) in [6.45, 7) is 0.113. The van der Waals surface area contributed by atoms with Crippen LogP contribution in [0.2, 0.25) is 0 Å². The number of nitrogens with one attached hydrogen (secondary N) is 1.